The lowest BCUT2D eigenvalue weighted by molar-refractivity contribution is -0.152. The molecule has 1 rings (SSSR count). The van der Waals surface area contributed by atoms with Crippen molar-refractivity contribution in [1.29, 1.82) is 0 Å². The van der Waals surface area contributed by atoms with Crippen molar-refractivity contribution in [3.63, 3.8) is 0 Å². The molecule has 0 unspecified atom stereocenters. The van der Waals surface area contributed by atoms with Crippen LogP contribution in [0.4, 0.5) is 0 Å². The van der Waals surface area contributed by atoms with Crippen molar-refractivity contribution in [2.45, 2.75) is 161 Å². The fourth-order valence-corrected chi connectivity index (χ4v) is 5.64. The number of allylic oxidation sites excluding steroid dienone is 1. The molecule has 0 saturated heterocycles. The zero-order valence-electron chi connectivity index (χ0n) is 27.4. The average Bonchev–Trinajstić information content (AvgIpc) is 3.23. The Bertz CT molecular complexity index is 780. The zero-order chi connectivity index (χ0) is 31.9. The number of aliphatic hydroxyl groups is 3. The van der Waals surface area contributed by atoms with E-state index >= 15 is 0 Å². The minimum atomic E-state index is -1.03. The average molecular weight is 611 g/mol. The van der Waals surface area contributed by atoms with Crippen LogP contribution in [0.25, 0.3) is 0 Å². The third kappa shape index (κ3) is 20.0. The summed E-state index contributed by atoms with van der Waals surface area (Å²) >= 11 is 0. The van der Waals surface area contributed by atoms with Gasteiger partial charge in [0.1, 0.15) is 25.1 Å². The first-order valence-corrected chi connectivity index (χ1v) is 17.2. The minimum Gasteiger partial charge on any atom is -0.463 e. The van der Waals surface area contributed by atoms with Crippen LogP contribution in [0.1, 0.15) is 143 Å². The summed E-state index contributed by atoms with van der Waals surface area (Å²) < 4.78 is 10.2. The number of carbonyl (C=O) groups is 3. The maximum Gasteiger partial charge on any atom is 0.305 e. The molecule has 43 heavy (non-hydrogen) atoms. The Morgan fingerprint density at radius 3 is 1.93 bits per heavy atom. The van der Waals surface area contributed by atoms with E-state index in [1.54, 1.807) is 12.2 Å². The number of rotatable bonds is 26. The van der Waals surface area contributed by atoms with Crippen molar-refractivity contribution in [3.8, 4) is 0 Å². The third-order valence-corrected chi connectivity index (χ3v) is 8.34. The number of hydrogen-bond acceptors (Lipinski definition) is 8. The van der Waals surface area contributed by atoms with Gasteiger partial charge in [0.15, 0.2) is 0 Å². The molecular formula is C35H62O8. The molecule has 0 spiro atoms. The number of aliphatic hydroxyl groups excluding tert-OH is 3. The highest BCUT2D eigenvalue weighted by Gasteiger charge is 2.39. The first kappa shape index (κ1) is 39.3. The maximum atomic E-state index is 12.4. The van der Waals surface area contributed by atoms with Crippen molar-refractivity contribution in [2.75, 3.05) is 13.2 Å². The van der Waals surface area contributed by atoms with Crippen LogP contribution in [0.5, 0.6) is 0 Å². The van der Waals surface area contributed by atoms with Gasteiger partial charge in [-0.25, -0.2) is 0 Å². The summed E-state index contributed by atoms with van der Waals surface area (Å²) in [5, 5.41) is 30.5. The molecule has 3 N–H and O–H groups in total. The lowest BCUT2D eigenvalue weighted by atomic mass is 9.88. The van der Waals surface area contributed by atoms with Gasteiger partial charge in [0.2, 0.25) is 0 Å². The fourth-order valence-electron chi connectivity index (χ4n) is 5.64. The van der Waals surface area contributed by atoms with Gasteiger partial charge in [0, 0.05) is 25.2 Å². The van der Waals surface area contributed by atoms with Crippen LogP contribution in [-0.4, -0.2) is 64.6 Å². The van der Waals surface area contributed by atoms with Gasteiger partial charge in [-0.2, -0.15) is 0 Å². The van der Waals surface area contributed by atoms with Crippen LogP contribution in [0.15, 0.2) is 12.2 Å². The van der Waals surface area contributed by atoms with E-state index < -0.39 is 24.3 Å². The predicted octanol–water partition coefficient (Wildman–Crippen LogP) is 6.61. The van der Waals surface area contributed by atoms with Gasteiger partial charge in [-0.15, -0.1) is 0 Å². The second-order valence-electron chi connectivity index (χ2n) is 12.9. The Morgan fingerprint density at radius 1 is 0.814 bits per heavy atom. The minimum absolute atomic E-state index is 0.0347. The van der Waals surface area contributed by atoms with Gasteiger partial charge in [0.25, 0.3) is 0 Å². The summed E-state index contributed by atoms with van der Waals surface area (Å²) in [6.45, 7) is 6.23. The monoisotopic (exact) mass is 610 g/mol. The van der Waals surface area contributed by atoms with Crippen molar-refractivity contribution in [1.82, 2.24) is 0 Å². The molecule has 0 aromatic heterocycles. The summed E-state index contributed by atoms with van der Waals surface area (Å²) in [7, 11) is 0. The topological polar surface area (TPSA) is 130 Å². The highest BCUT2D eigenvalue weighted by molar-refractivity contribution is 5.86. The molecule has 8 heteroatoms. The standard InChI is InChI=1S/C35H62O8/c1-4-5-12-18-28(36)22-23-31-30(32(38)24-33(31)39)19-14-10-11-16-21-35(41)43-26-29(37)25-42-34(40)20-15-9-7-6-8-13-17-27(2)3/h22-23,27-32,36-38H,4-21,24-26H2,1-3H3/b23-22+/t28-,29-,30+,31+,32-/m0/s1. The number of Topliss-reactive ketones (excluding diaryl/α,β-unsaturated/α-hetero) is 1. The second kappa shape index (κ2) is 24.5. The van der Waals surface area contributed by atoms with E-state index in [0.717, 1.165) is 70.1 Å². The maximum absolute atomic E-state index is 12.4. The van der Waals surface area contributed by atoms with Gasteiger partial charge in [-0.1, -0.05) is 110 Å². The number of carbonyl (C=O) groups excluding carboxylic acids is 3. The van der Waals surface area contributed by atoms with Crippen molar-refractivity contribution in [2.24, 2.45) is 17.8 Å². The zero-order valence-corrected chi connectivity index (χ0v) is 27.4. The second-order valence-corrected chi connectivity index (χ2v) is 12.9. The molecule has 1 saturated carbocycles. The normalized spacial score (nSPS) is 20.2. The van der Waals surface area contributed by atoms with E-state index in [4.69, 9.17) is 9.47 Å². The number of ether oxygens (including phenoxy) is 2. The molecule has 5 atom stereocenters. The fraction of sp³-hybridized carbons (Fsp3) is 0.857. The third-order valence-electron chi connectivity index (χ3n) is 8.34. The molecule has 0 heterocycles. The molecule has 0 aromatic rings. The summed E-state index contributed by atoms with van der Waals surface area (Å²) in [5.74, 6) is -0.400. The molecule has 1 aliphatic carbocycles. The van der Waals surface area contributed by atoms with Crippen LogP contribution < -0.4 is 0 Å². The predicted molar refractivity (Wildman–Crippen MR) is 169 cm³/mol. The molecular weight excluding hydrogens is 548 g/mol. The number of esters is 2. The van der Waals surface area contributed by atoms with E-state index in [1.165, 1.54) is 25.7 Å². The van der Waals surface area contributed by atoms with Crippen LogP contribution in [0.2, 0.25) is 0 Å². The Morgan fingerprint density at radius 2 is 1.35 bits per heavy atom. The summed E-state index contributed by atoms with van der Waals surface area (Å²) in [6.07, 6.45) is 17.6. The van der Waals surface area contributed by atoms with Crippen LogP contribution >= 0.6 is 0 Å². The quantitative estimate of drug-likeness (QED) is 0.0566. The van der Waals surface area contributed by atoms with Crippen LogP contribution in [-0.2, 0) is 23.9 Å². The lowest BCUT2D eigenvalue weighted by Crippen LogP contribution is -2.25. The van der Waals surface area contributed by atoms with Crippen LogP contribution in [0, 0.1) is 17.8 Å². The summed E-state index contributed by atoms with van der Waals surface area (Å²) in [5.41, 5.74) is 0. The van der Waals surface area contributed by atoms with E-state index in [-0.39, 0.29) is 49.6 Å². The van der Waals surface area contributed by atoms with Gasteiger partial charge in [0.05, 0.1) is 12.2 Å². The molecule has 1 fully saturated rings. The molecule has 0 aromatic carbocycles. The Hall–Kier alpha value is -1.77. The van der Waals surface area contributed by atoms with Gasteiger partial charge >= 0.3 is 11.9 Å². The molecule has 1 aliphatic rings. The molecule has 8 nitrogen and oxygen atoms in total. The molecule has 0 bridgehead atoms. The van der Waals surface area contributed by atoms with Gasteiger partial charge < -0.3 is 24.8 Å². The number of hydrogen-bond donors (Lipinski definition) is 3. The first-order chi connectivity index (χ1) is 20.6. The van der Waals surface area contributed by atoms with E-state index in [9.17, 15) is 29.7 Å². The van der Waals surface area contributed by atoms with E-state index in [0.29, 0.717) is 19.3 Å². The van der Waals surface area contributed by atoms with E-state index in [1.807, 2.05) is 0 Å². The first-order valence-electron chi connectivity index (χ1n) is 17.2. The highest BCUT2D eigenvalue weighted by Crippen LogP contribution is 2.34. The largest absolute Gasteiger partial charge is 0.463 e. The number of ketones is 1. The molecule has 0 aliphatic heterocycles. The molecule has 250 valence electrons. The van der Waals surface area contributed by atoms with Crippen molar-refractivity contribution >= 4 is 17.7 Å². The molecule has 0 radical (unpaired) electrons. The van der Waals surface area contributed by atoms with Crippen molar-refractivity contribution < 1.29 is 39.2 Å². The van der Waals surface area contributed by atoms with E-state index in [2.05, 4.69) is 20.8 Å². The molecule has 0 amide bonds. The smallest absolute Gasteiger partial charge is 0.305 e. The Labute approximate surface area is 261 Å². The highest BCUT2D eigenvalue weighted by atomic mass is 16.6. The van der Waals surface area contributed by atoms with Gasteiger partial charge in [-0.3, -0.25) is 14.4 Å². The lowest BCUT2D eigenvalue weighted by Gasteiger charge is -2.19. The Balaban J connectivity index is 2.09. The summed E-state index contributed by atoms with van der Waals surface area (Å²) in [6, 6.07) is 0. The van der Waals surface area contributed by atoms with Gasteiger partial charge in [-0.05, 0) is 37.5 Å². The SMILES string of the molecule is CCCCC[C@H](O)/C=C/[C@H]1C(=O)C[C@H](O)[C@@H]1CCCCCCC(=O)OC[C@@H](O)COC(=O)CCCCCCCCC(C)C. The van der Waals surface area contributed by atoms with Crippen LogP contribution in [0.3, 0.4) is 0 Å². The summed E-state index contributed by atoms with van der Waals surface area (Å²) in [4.78, 5) is 36.3. The van der Waals surface area contributed by atoms with Crippen molar-refractivity contribution in [3.05, 3.63) is 12.2 Å². The number of unbranched alkanes of at least 4 members (excludes halogenated alkanes) is 10. The Kier molecular flexibility index (Phi) is 22.4.